The van der Waals surface area contributed by atoms with Crippen molar-refractivity contribution in [3.63, 3.8) is 0 Å². The summed E-state index contributed by atoms with van der Waals surface area (Å²) in [5.74, 6) is -0.559. The van der Waals surface area contributed by atoms with Crippen LogP contribution in [0.4, 0.5) is 0 Å². The van der Waals surface area contributed by atoms with E-state index in [9.17, 15) is 9.59 Å². The van der Waals surface area contributed by atoms with Crippen molar-refractivity contribution in [1.82, 2.24) is 10.3 Å². The minimum Gasteiger partial charge on any atom is -0.475 e. The molecule has 1 aliphatic heterocycles. The maximum Gasteiger partial charge on any atom is 0.253 e. The zero-order valence-corrected chi connectivity index (χ0v) is 11.0. The van der Waals surface area contributed by atoms with Crippen molar-refractivity contribution >= 4 is 11.8 Å². The fraction of sp³-hybridized carbons (Fsp3) is 0.462. The molecule has 1 aliphatic rings. The molecule has 1 aromatic rings. The van der Waals surface area contributed by atoms with Gasteiger partial charge in [0, 0.05) is 18.9 Å². The number of primary amides is 1. The summed E-state index contributed by atoms with van der Waals surface area (Å²) >= 11 is 0. The van der Waals surface area contributed by atoms with Crippen molar-refractivity contribution in [2.24, 2.45) is 5.73 Å². The van der Waals surface area contributed by atoms with Crippen LogP contribution in [0.25, 0.3) is 0 Å². The number of nitrogens with one attached hydrogen (secondary N) is 1. The van der Waals surface area contributed by atoms with Crippen LogP contribution in [0.3, 0.4) is 0 Å². The minimum atomic E-state index is -0.595. The first kappa shape index (κ1) is 14.3. The highest BCUT2D eigenvalue weighted by Gasteiger charge is 2.16. The molecule has 0 saturated carbocycles. The lowest BCUT2D eigenvalue weighted by Gasteiger charge is -2.10. The summed E-state index contributed by atoms with van der Waals surface area (Å²) < 4.78 is 10.9. The van der Waals surface area contributed by atoms with Crippen molar-refractivity contribution in [2.45, 2.75) is 18.9 Å². The summed E-state index contributed by atoms with van der Waals surface area (Å²) in [7, 11) is 0. The van der Waals surface area contributed by atoms with Crippen LogP contribution in [0.2, 0.25) is 0 Å². The van der Waals surface area contributed by atoms with Gasteiger partial charge in [0.15, 0.2) is 0 Å². The number of rotatable bonds is 6. The van der Waals surface area contributed by atoms with Gasteiger partial charge in [-0.15, -0.1) is 0 Å². The van der Waals surface area contributed by atoms with Gasteiger partial charge in [-0.05, 0) is 18.9 Å². The molecule has 1 fully saturated rings. The summed E-state index contributed by atoms with van der Waals surface area (Å²) in [6.45, 7) is 1.04. The summed E-state index contributed by atoms with van der Waals surface area (Å²) in [5, 5.41) is 2.38. The third-order valence-corrected chi connectivity index (χ3v) is 2.86. The van der Waals surface area contributed by atoms with Gasteiger partial charge in [-0.2, -0.15) is 0 Å². The number of carbonyl (C=O) groups excluding carboxylic acids is 2. The van der Waals surface area contributed by atoms with Crippen LogP contribution in [-0.4, -0.2) is 42.7 Å². The van der Waals surface area contributed by atoms with Gasteiger partial charge in [0.05, 0.1) is 18.2 Å². The molecule has 7 nitrogen and oxygen atoms in total. The highest BCUT2D eigenvalue weighted by molar-refractivity contribution is 5.96. The fourth-order valence-electron chi connectivity index (χ4n) is 1.82. The summed E-state index contributed by atoms with van der Waals surface area (Å²) in [5.41, 5.74) is 5.28. The smallest absolute Gasteiger partial charge is 0.253 e. The Hall–Kier alpha value is -2.15. The summed E-state index contributed by atoms with van der Waals surface area (Å²) in [4.78, 5) is 26.2. The van der Waals surface area contributed by atoms with E-state index in [1.807, 2.05) is 0 Å². The molecule has 2 rings (SSSR count). The van der Waals surface area contributed by atoms with Gasteiger partial charge < -0.3 is 20.5 Å². The molecule has 1 atom stereocenters. The summed E-state index contributed by atoms with van der Waals surface area (Å²) in [6, 6.07) is 3.18. The zero-order valence-electron chi connectivity index (χ0n) is 11.0. The number of hydrogen-bond acceptors (Lipinski definition) is 5. The van der Waals surface area contributed by atoms with Crippen molar-refractivity contribution in [3.05, 3.63) is 23.9 Å². The van der Waals surface area contributed by atoms with Crippen LogP contribution >= 0.6 is 0 Å². The topological polar surface area (TPSA) is 104 Å². The Morgan fingerprint density at radius 2 is 2.35 bits per heavy atom. The van der Waals surface area contributed by atoms with Crippen LogP contribution in [0.1, 0.15) is 23.2 Å². The normalized spacial score (nSPS) is 17.7. The van der Waals surface area contributed by atoms with Crippen molar-refractivity contribution < 1.29 is 19.1 Å². The standard InChI is InChI=1S/C13H17N3O4/c14-11(17)7-16-13(18)9-3-4-12(15-6-9)20-8-10-2-1-5-19-10/h3-4,6,10H,1-2,5,7-8H2,(H2,14,17)(H,16,18)/t10-/m1/s1. The van der Waals surface area contributed by atoms with Crippen LogP contribution < -0.4 is 15.8 Å². The predicted octanol–water partition coefficient (Wildman–Crippen LogP) is -0.146. The molecule has 1 aromatic heterocycles. The Morgan fingerprint density at radius 3 is 2.95 bits per heavy atom. The molecule has 7 heteroatoms. The Balaban J connectivity index is 1.82. The van der Waals surface area contributed by atoms with E-state index in [1.165, 1.54) is 6.20 Å². The molecule has 0 spiro atoms. The first-order valence-electron chi connectivity index (χ1n) is 6.42. The van der Waals surface area contributed by atoms with E-state index >= 15 is 0 Å². The highest BCUT2D eigenvalue weighted by Crippen LogP contribution is 2.14. The Labute approximate surface area is 116 Å². The Morgan fingerprint density at radius 1 is 1.50 bits per heavy atom. The van der Waals surface area contributed by atoms with Crippen molar-refractivity contribution in [2.75, 3.05) is 19.8 Å². The molecule has 1 saturated heterocycles. The Kier molecular flexibility index (Phi) is 4.89. The third-order valence-electron chi connectivity index (χ3n) is 2.86. The lowest BCUT2D eigenvalue weighted by atomic mass is 10.2. The SMILES string of the molecule is NC(=O)CNC(=O)c1ccc(OC[C@H]2CCCO2)nc1. The number of ether oxygens (including phenoxy) is 2. The van der Waals surface area contributed by atoms with Gasteiger partial charge in [0.1, 0.15) is 6.61 Å². The number of amides is 2. The van der Waals surface area contributed by atoms with Crippen LogP contribution in [0.5, 0.6) is 5.88 Å². The minimum absolute atomic E-state index is 0.121. The maximum absolute atomic E-state index is 11.6. The monoisotopic (exact) mass is 279 g/mol. The lowest BCUT2D eigenvalue weighted by molar-refractivity contribution is -0.117. The highest BCUT2D eigenvalue weighted by atomic mass is 16.5. The quantitative estimate of drug-likeness (QED) is 0.754. The van der Waals surface area contributed by atoms with Crippen LogP contribution in [0.15, 0.2) is 18.3 Å². The van der Waals surface area contributed by atoms with Gasteiger partial charge >= 0.3 is 0 Å². The maximum atomic E-state index is 11.6. The molecule has 0 radical (unpaired) electrons. The van der Waals surface area contributed by atoms with Gasteiger partial charge in [0.2, 0.25) is 11.8 Å². The second-order valence-corrected chi connectivity index (χ2v) is 4.48. The predicted molar refractivity (Wildman–Crippen MR) is 70.2 cm³/mol. The number of nitrogens with two attached hydrogens (primary N) is 1. The fourth-order valence-corrected chi connectivity index (χ4v) is 1.82. The average Bonchev–Trinajstić information content (AvgIpc) is 2.96. The molecule has 0 aromatic carbocycles. The van der Waals surface area contributed by atoms with Gasteiger partial charge in [-0.1, -0.05) is 0 Å². The van der Waals surface area contributed by atoms with Gasteiger partial charge in [-0.25, -0.2) is 4.98 Å². The molecule has 3 N–H and O–H groups in total. The second-order valence-electron chi connectivity index (χ2n) is 4.48. The largest absolute Gasteiger partial charge is 0.475 e. The molecular formula is C13H17N3O4. The van der Waals surface area contributed by atoms with E-state index in [4.69, 9.17) is 15.2 Å². The van der Waals surface area contributed by atoms with Gasteiger partial charge in [0.25, 0.3) is 5.91 Å². The molecule has 2 heterocycles. The first-order valence-corrected chi connectivity index (χ1v) is 6.42. The van der Waals surface area contributed by atoms with E-state index in [0.717, 1.165) is 19.4 Å². The number of pyridine rings is 1. The number of hydrogen-bond donors (Lipinski definition) is 2. The average molecular weight is 279 g/mol. The Bertz CT molecular complexity index is 469. The zero-order chi connectivity index (χ0) is 14.4. The van der Waals surface area contributed by atoms with Crippen molar-refractivity contribution in [3.8, 4) is 5.88 Å². The molecule has 108 valence electrons. The summed E-state index contributed by atoms with van der Waals surface area (Å²) in [6.07, 6.45) is 3.56. The first-order chi connectivity index (χ1) is 9.65. The van der Waals surface area contributed by atoms with Crippen LogP contribution in [0, 0.1) is 0 Å². The molecule has 2 amide bonds. The number of carbonyl (C=O) groups is 2. The van der Waals surface area contributed by atoms with E-state index < -0.39 is 11.8 Å². The van der Waals surface area contributed by atoms with E-state index in [2.05, 4.69) is 10.3 Å². The molecule has 0 unspecified atom stereocenters. The third kappa shape index (κ3) is 4.20. The molecular weight excluding hydrogens is 262 g/mol. The number of nitrogens with zero attached hydrogens (tertiary/aromatic N) is 1. The van der Waals surface area contributed by atoms with Gasteiger partial charge in [-0.3, -0.25) is 9.59 Å². The van der Waals surface area contributed by atoms with Crippen LogP contribution in [-0.2, 0) is 9.53 Å². The van der Waals surface area contributed by atoms with E-state index in [-0.39, 0.29) is 12.6 Å². The molecule has 20 heavy (non-hydrogen) atoms. The van der Waals surface area contributed by atoms with E-state index in [0.29, 0.717) is 18.1 Å². The lowest BCUT2D eigenvalue weighted by Crippen LogP contribution is -2.33. The second kappa shape index (κ2) is 6.85. The molecule has 0 aliphatic carbocycles. The van der Waals surface area contributed by atoms with E-state index in [1.54, 1.807) is 12.1 Å². The number of aromatic nitrogens is 1. The van der Waals surface area contributed by atoms with Crippen molar-refractivity contribution in [1.29, 1.82) is 0 Å². The molecule has 0 bridgehead atoms.